The van der Waals surface area contributed by atoms with Crippen LogP contribution in [0.5, 0.6) is 0 Å². The SMILES string of the molecule is O=[N+]([O-])c1cn[nH]c1-c1cccc(Cl)c1. The minimum absolute atomic E-state index is 0.0581. The molecule has 15 heavy (non-hydrogen) atoms. The van der Waals surface area contributed by atoms with E-state index in [1.165, 1.54) is 6.20 Å². The Labute approximate surface area is 89.8 Å². The van der Waals surface area contributed by atoms with Crippen molar-refractivity contribution in [2.75, 3.05) is 0 Å². The van der Waals surface area contributed by atoms with Gasteiger partial charge in [-0.05, 0) is 12.1 Å². The molecule has 0 unspecified atom stereocenters. The number of hydrogen-bond acceptors (Lipinski definition) is 3. The molecule has 0 radical (unpaired) electrons. The van der Waals surface area contributed by atoms with Crippen LogP contribution in [0, 0.1) is 10.1 Å². The summed E-state index contributed by atoms with van der Waals surface area (Å²) >= 11 is 5.79. The maximum absolute atomic E-state index is 10.7. The van der Waals surface area contributed by atoms with E-state index in [0.717, 1.165) is 0 Å². The van der Waals surface area contributed by atoms with Crippen molar-refractivity contribution in [1.29, 1.82) is 0 Å². The van der Waals surface area contributed by atoms with Gasteiger partial charge in [-0.3, -0.25) is 15.2 Å². The Morgan fingerprint density at radius 3 is 2.93 bits per heavy atom. The molecule has 0 spiro atoms. The Kier molecular flexibility index (Phi) is 2.39. The zero-order chi connectivity index (χ0) is 10.8. The minimum atomic E-state index is -0.486. The lowest BCUT2D eigenvalue weighted by Gasteiger charge is -1.97. The summed E-state index contributed by atoms with van der Waals surface area (Å²) < 4.78 is 0. The molecule has 0 saturated heterocycles. The molecule has 76 valence electrons. The highest BCUT2D eigenvalue weighted by Crippen LogP contribution is 2.28. The highest BCUT2D eigenvalue weighted by molar-refractivity contribution is 6.30. The van der Waals surface area contributed by atoms with Gasteiger partial charge in [-0.2, -0.15) is 5.10 Å². The first-order valence-electron chi connectivity index (χ1n) is 4.12. The van der Waals surface area contributed by atoms with Crippen LogP contribution in [0.4, 0.5) is 5.69 Å². The van der Waals surface area contributed by atoms with Crippen LogP contribution in [0.25, 0.3) is 11.3 Å². The van der Waals surface area contributed by atoms with Crippen molar-refractivity contribution in [3.63, 3.8) is 0 Å². The lowest BCUT2D eigenvalue weighted by atomic mass is 10.1. The number of aromatic nitrogens is 2. The number of halogens is 1. The predicted molar refractivity (Wildman–Crippen MR) is 55.7 cm³/mol. The molecule has 0 aliphatic carbocycles. The second-order valence-electron chi connectivity index (χ2n) is 2.90. The maximum Gasteiger partial charge on any atom is 0.314 e. The van der Waals surface area contributed by atoms with Gasteiger partial charge in [-0.1, -0.05) is 23.7 Å². The van der Waals surface area contributed by atoms with Gasteiger partial charge in [0.25, 0.3) is 0 Å². The van der Waals surface area contributed by atoms with Crippen LogP contribution in [0.1, 0.15) is 0 Å². The molecule has 2 rings (SSSR count). The molecule has 0 bridgehead atoms. The number of H-pyrrole nitrogens is 1. The highest BCUT2D eigenvalue weighted by Gasteiger charge is 2.17. The smallest absolute Gasteiger partial charge is 0.271 e. The fourth-order valence-electron chi connectivity index (χ4n) is 1.27. The molecule has 0 saturated carbocycles. The van der Waals surface area contributed by atoms with Gasteiger partial charge in [0, 0.05) is 10.6 Å². The molecule has 2 aromatic rings. The lowest BCUT2D eigenvalue weighted by Crippen LogP contribution is -1.88. The summed E-state index contributed by atoms with van der Waals surface area (Å²) in [6.45, 7) is 0. The molecular formula is C9H6ClN3O2. The normalized spacial score (nSPS) is 10.2. The second-order valence-corrected chi connectivity index (χ2v) is 3.33. The van der Waals surface area contributed by atoms with Crippen molar-refractivity contribution >= 4 is 17.3 Å². The summed E-state index contributed by atoms with van der Waals surface area (Å²) in [4.78, 5) is 10.2. The number of rotatable bonds is 2. The van der Waals surface area contributed by atoms with E-state index in [-0.39, 0.29) is 5.69 Å². The van der Waals surface area contributed by atoms with Crippen LogP contribution in [-0.4, -0.2) is 15.1 Å². The maximum atomic E-state index is 10.7. The topological polar surface area (TPSA) is 71.8 Å². The number of hydrogen-bond donors (Lipinski definition) is 1. The van der Waals surface area contributed by atoms with E-state index in [0.29, 0.717) is 16.3 Å². The molecule has 0 aliphatic heterocycles. The van der Waals surface area contributed by atoms with Gasteiger partial charge in [0.05, 0.1) is 4.92 Å². The van der Waals surface area contributed by atoms with Crippen LogP contribution >= 0.6 is 11.6 Å². The van der Waals surface area contributed by atoms with Crippen LogP contribution in [0.2, 0.25) is 5.02 Å². The van der Waals surface area contributed by atoms with Gasteiger partial charge in [0.1, 0.15) is 11.9 Å². The largest absolute Gasteiger partial charge is 0.314 e. The van der Waals surface area contributed by atoms with Crippen LogP contribution in [0.15, 0.2) is 30.5 Å². The molecule has 1 aromatic heterocycles. The summed E-state index contributed by atoms with van der Waals surface area (Å²) in [5.74, 6) is 0. The van der Waals surface area contributed by atoms with E-state index < -0.39 is 4.92 Å². The van der Waals surface area contributed by atoms with Crippen molar-refractivity contribution in [2.45, 2.75) is 0 Å². The summed E-state index contributed by atoms with van der Waals surface area (Å²) in [5, 5.41) is 17.4. The first kappa shape index (κ1) is 9.67. The Hall–Kier alpha value is -1.88. The van der Waals surface area contributed by atoms with Crippen LogP contribution < -0.4 is 0 Å². The number of benzene rings is 1. The Bertz CT molecular complexity index is 510. The lowest BCUT2D eigenvalue weighted by molar-refractivity contribution is -0.384. The van der Waals surface area contributed by atoms with Crippen molar-refractivity contribution in [2.24, 2.45) is 0 Å². The van der Waals surface area contributed by atoms with E-state index in [2.05, 4.69) is 10.2 Å². The van der Waals surface area contributed by atoms with Crippen molar-refractivity contribution < 1.29 is 4.92 Å². The monoisotopic (exact) mass is 223 g/mol. The van der Waals surface area contributed by atoms with Gasteiger partial charge < -0.3 is 0 Å². The first-order valence-corrected chi connectivity index (χ1v) is 4.50. The van der Waals surface area contributed by atoms with Crippen LogP contribution in [-0.2, 0) is 0 Å². The molecular weight excluding hydrogens is 218 g/mol. The van der Waals surface area contributed by atoms with Crippen LogP contribution in [0.3, 0.4) is 0 Å². The molecule has 1 N–H and O–H groups in total. The second kappa shape index (κ2) is 3.70. The summed E-state index contributed by atoms with van der Waals surface area (Å²) in [6.07, 6.45) is 1.18. The fourth-order valence-corrected chi connectivity index (χ4v) is 1.46. The van der Waals surface area contributed by atoms with Crippen molar-refractivity contribution in [3.05, 3.63) is 45.6 Å². The zero-order valence-electron chi connectivity index (χ0n) is 7.48. The average Bonchev–Trinajstić information content (AvgIpc) is 2.65. The molecule has 1 aromatic carbocycles. The Morgan fingerprint density at radius 1 is 1.47 bits per heavy atom. The Morgan fingerprint density at radius 2 is 2.27 bits per heavy atom. The number of nitrogens with zero attached hydrogens (tertiary/aromatic N) is 2. The standard InChI is InChI=1S/C9H6ClN3O2/c10-7-3-1-2-6(4-7)9-8(13(14)15)5-11-12-9/h1-5H,(H,11,12). The Balaban J connectivity index is 2.54. The summed E-state index contributed by atoms with van der Waals surface area (Å²) in [5.41, 5.74) is 0.950. The van der Waals surface area contributed by atoms with Crippen molar-refractivity contribution in [3.8, 4) is 11.3 Å². The molecule has 6 heteroatoms. The summed E-state index contributed by atoms with van der Waals surface area (Å²) in [6, 6.07) is 6.80. The van der Waals surface area contributed by atoms with Gasteiger partial charge in [0.2, 0.25) is 0 Å². The summed E-state index contributed by atoms with van der Waals surface area (Å²) in [7, 11) is 0. The molecule has 0 aliphatic rings. The third-order valence-corrected chi connectivity index (χ3v) is 2.16. The third-order valence-electron chi connectivity index (χ3n) is 1.93. The van der Waals surface area contributed by atoms with E-state index >= 15 is 0 Å². The molecule has 0 fully saturated rings. The number of aromatic amines is 1. The van der Waals surface area contributed by atoms with E-state index in [1.807, 2.05) is 0 Å². The number of nitro groups is 1. The van der Waals surface area contributed by atoms with E-state index in [1.54, 1.807) is 24.3 Å². The fraction of sp³-hybridized carbons (Fsp3) is 0. The zero-order valence-corrected chi connectivity index (χ0v) is 8.23. The van der Waals surface area contributed by atoms with Gasteiger partial charge >= 0.3 is 5.69 Å². The quantitative estimate of drug-likeness (QED) is 0.628. The first-order chi connectivity index (χ1) is 7.18. The predicted octanol–water partition coefficient (Wildman–Crippen LogP) is 2.64. The minimum Gasteiger partial charge on any atom is -0.271 e. The van der Waals surface area contributed by atoms with E-state index in [9.17, 15) is 10.1 Å². The highest BCUT2D eigenvalue weighted by atomic mass is 35.5. The molecule has 1 heterocycles. The van der Waals surface area contributed by atoms with Gasteiger partial charge in [-0.25, -0.2) is 0 Å². The molecule has 5 nitrogen and oxygen atoms in total. The van der Waals surface area contributed by atoms with Gasteiger partial charge in [-0.15, -0.1) is 0 Å². The molecule has 0 amide bonds. The van der Waals surface area contributed by atoms with Crippen molar-refractivity contribution in [1.82, 2.24) is 10.2 Å². The van der Waals surface area contributed by atoms with Gasteiger partial charge in [0.15, 0.2) is 0 Å². The third kappa shape index (κ3) is 1.82. The average molecular weight is 224 g/mol. The number of nitrogens with one attached hydrogen (secondary N) is 1. The van der Waals surface area contributed by atoms with E-state index in [4.69, 9.17) is 11.6 Å². The molecule has 0 atom stereocenters.